The van der Waals surface area contributed by atoms with Crippen molar-refractivity contribution in [3.63, 3.8) is 0 Å². The van der Waals surface area contributed by atoms with E-state index in [0.717, 1.165) is 11.1 Å². The van der Waals surface area contributed by atoms with E-state index in [2.05, 4.69) is 15.0 Å². The molecule has 0 atom stereocenters. The molecule has 2 aliphatic rings. The highest BCUT2D eigenvalue weighted by Gasteiger charge is 2.57. The first kappa shape index (κ1) is 25.5. The molecule has 1 saturated carbocycles. The van der Waals surface area contributed by atoms with E-state index in [1.165, 1.54) is 11.0 Å². The molecule has 0 unspecified atom stereocenters. The predicted molar refractivity (Wildman–Crippen MR) is 127 cm³/mol. The van der Waals surface area contributed by atoms with Crippen molar-refractivity contribution in [1.29, 1.82) is 0 Å². The van der Waals surface area contributed by atoms with Gasteiger partial charge in [-0.2, -0.15) is 8.78 Å². The SMILES string of the molecule is Cc1ccc(NC(=O)C2(c3ccccc3C(C)C)CN(C(=O)CC3(C(=O)O)CC3)C2)c(OC(F)F)n1. The van der Waals surface area contributed by atoms with Gasteiger partial charge >= 0.3 is 12.6 Å². The maximum absolute atomic E-state index is 13.8. The molecule has 1 saturated heterocycles. The fourth-order valence-electron chi connectivity index (χ4n) is 4.72. The van der Waals surface area contributed by atoms with Gasteiger partial charge in [0.1, 0.15) is 11.1 Å². The number of likely N-dealkylation sites (tertiary alicyclic amines) is 1. The Kier molecular flexibility index (Phi) is 6.72. The van der Waals surface area contributed by atoms with Crippen LogP contribution in [0, 0.1) is 12.3 Å². The topological polar surface area (TPSA) is 109 Å². The second-order valence-electron chi connectivity index (χ2n) is 9.97. The van der Waals surface area contributed by atoms with Gasteiger partial charge in [-0.25, -0.2) is 4.98 Å². The lowest BCUT2D eigenvalue weighted by Gasteiger charge is -2.50. The number of aliphatic carboxylic acids is 1. The smallest absolute Gasteiger partial charge is 0.388 e. The van der Waals surface area contributed by atoms with Gasteiger partial charge in [0, 0.05) is 25.2 Å². The number of anilines is 1. The molecule has 192 valence electrons. The Labute approximate surface area is 207 Å². The quantitative estimate of drug-likeness (QED) is 0.536. The lowest BCUT2D eigenvalue weighted by molar-refractivity contribution is -0.152. The first-order chi connectivity index (χ1) is 17.0. The molecular weight excluding hydrogens is 472 g/mol. The third-order valence-electron chi connectivity index (χ3n) is 7.05. The van der Waals surface area contributed by atoms with Crippen LogP contribution in [0.5, 0.6) is 5.88 Å². The van der Waals surface area contributed by atoms with Gasteiger partial charge in [-0.15, -0.1) is 0 Å². The van der Waals surface area contributed by atoms with Crippen LogP contribution in [0.15, 0.2) is 36.4 Å². The highest BCUT2D eigenvalue weighted by Crippen LogP contribution is 2.50. The van der Waals surface area contributed by atoms with Gasteiger partial charge in [0.05, 0.1) is 5.41 Å². The monoisotopic (exact) mass is 501 g/mol. The van der Waals surface area contributed by atoms with Crippen LogP contribution in [0.25, 0.3) is 0 Å². The van der Waals surface area contributed by atoms with Crippen LogP contribution < -0.4 is 10.1 Å². The Morgan fingerprint density at radius 2 is 1.81 bits per heavy atom. The molecule has 1 aliphatic carbocycles. The molecule has 0 spiro atoms. The maximum atomic E-state index is 13.8. The number of aromatic nitrogens is 1. The van der Waals surface area contributed by atoms with Gasteiger partial charge in [-0.3, -0.25) is 14.4 Å². The molecule has 1 aromatic heterocycles. The number of carbonyl (C=O) groups excluding carboxylic acids is 2. The van der Waals surface area contributed by atoms with Crippen molar-refractivity contribution in [3.05, 3.63) is 53.2 Å². The summed E-state index contributed by atoms with van der Waals surface area (Å²) in [6, 6.07) is 10.4. The van der Waals surface area contributed by atoms with Gasteiger partial charge in [-0.05, 0) is 48.9 Å². The zero-order valence-electron chi connectivity index (χ0n) is 20.4. The largest absolute Gasteiger partial charge is 0.481 e. The number of carbonyl (C=O) groups is 3. The van der Waals surface area contributed by atoms with Crippen LogP contribution in [0.1, 0.15) is 55.8 Å². The van der Waals surface area contributed by atoms with Crippen LogP contribution in [-0.4, -0.2) is 52.5 Å². The Morgan fingerprint density at radius 3 is 2.39 bits per heavy atom. The number of aryl methyl sites for hydroxylation is 1. The van der Waals surface area contributed by atoms with E-state index in [1.807, 2.05) is 38.1 Å². The number of alkyl halides is 2. The van der Waals surface area contributed by atoms with E-state index in [0.29, 0.717) is 18.5 Å². The first-order valence-electron chi connectivity index (χ1n) is 11.8. The average molecular weight is 502 g/mol. The summed E-state index contributed by atoms with van der Waals surface area (Å²) in [5, 5.41) is 12.2. The van der Waals surface area contributed by atoms with Crippen LogP contribution in [0.3, 0.4) is 0 Å². The summed E-state index contributed by atoms with van der Waals surface area (Å²) in [7, 11) is 0. The number of halogens is 2. The number of nitrogens with one attached hydrogen (secondary N) is 1. The molecule has 2 amide bonds. The molecule has 0 radical (unpaired) electrons. The number of hydrogen-bond acceptors (Lipinski definition) is 5. The summed E-state index contributed by atoms with van der Waals surface area (Å²) in [4.78, 5) is 43.7. The van der Waals surface area contributed by atoms with Crippen molar-refractivity contribution in [2.45, 2.75) is 58.0 Å². The van der Waals surface area contributed by atoms with Crippen molar-refractivity contribution in [1.82, 2.24) is 9.88 Å². The zero-order chi connectivity index (χ0) is 26.3. The normalized spacial score (nSPS) is 17.5. The Balaban J connectivity index is 1.64. The maximum Gasteiger partial charge on any atom is 0.388 e. The standard InChI is InChI=1S/C26H29F2N3O5/c1-15(2)17-6-4-5-7-18(17)26(13-31(14-26)20(32)12-25(10-11-25)23(34)35)22(33)30-19-9-8-16(3)29-21(19)36-24(27)28/h4-9,15,24H,10-14H2,1-3H3,(H,30,33)(H,34,35). The Morgan fingerprint density at radius 1 is 1.14 bits per heavy atom. The number of nitrogens with zero attached hydrogens (tertiary/aromatic N) is 2. The van der Waals surface area contributed by atoms with Crippen LogP contribution in [0.2, 0.25) is 0 Å². The van der Waals surface area contributed by atoms with E-state index in [9.17, 15) is 28.3 Å². The first-order valence-corrected chi connectivity index (χ1v) is 11.8. The van der Waals surface area contributed by atoms with Gasteiger partial charge in [0.15, 0.2) is 0 Å². The van der Waals surface area contributed by atoms with Crippen molar-refractivity contribution in [2.24, 2.45) is 5.41 Å². The van der Waals surface area contributed by atoms with Crippen molar-refractivity contribution >= 4 is 23.5 Å². The fraction of sp³-hybridized carbons (Fsp3) is 0.462. The number of amides is 2. The third-order valence-corrected chi connectivity index (χ3v) is 7.05. The molecule has 36 heavy (non-hydrogen) atoms. The van der Waals surface area contributed by atoms with Crippen molar-refractivity contribution < 1.29 is 33.0 Å². The average Bonchev–Trinajstić information content (AvgIpc) is 3.55. The number of carboxylic acid groups (broad SMARTS) is 1. The lowest BCUT2D eigenvalue weighted by Crippen LogP contribution is -2.66. The summed E-state index contributed by atoms with van der Waals surface area (Å²) in [5.41, 5.74) is -0.0602. The summed E-state index contributed by atoms with van der Waals surface area (Å²) in [6.45, 7) is 2.57. The van der Waals surface area contributed by atoms with Gasteiger partial charge < -0.3 is 20.1 Å². The number of rotatable bonds is 9. The minimum Gasteiger partial charge on any atom is -0.481 e. The number of pyridine rings is 1. The number of ether oxygens (including phenoxy) is 1. The molecule has 2 fully saturated rings. The molecule has 8 nitrogen and oxygen atoms in total. The van der Waals surface area contributed by atoms with Crippen molar-refractivity contribution in [2.75, 3.05) is 18.4 Å². The zero-order valence-corrected chi connectivity index (χ0v) is 20.4. The van der Waals surface area contributed by atoms with Gasteiger partial charge in [-0.1, -0.05) is 38.1 Å². The number of hydrogen-bond donors (Lipinski definition) is 2. The molecular formula is C26H29F2N3O5. The van der Waals surface area contributed by atoms with E-state index < -0.39 is 35.2 Å². The van der Waals surface area contributed by atoms with Crippen LogP contribution in [0.4, 0.5) is 14.5 Å². The summed E-state index contributed by atoms with van der Waals surface area (Å²) in [6.07, 6.45) is 0.800. The van der Waals surface area contributed by atoms with E-state index in [-0.39, 0.29) is 37.0 Å². The van der Waals surface area contributed by atoms with Crippen molar-refractivity contribution in [3.8, 4) is 5.88 Å². The van der Waals surface area contributed by atoms with E-state index >= 15 is 0 Å². The summed E-state index contributed by atoms with van der Waals surface area (Å²) < 4.78 is 30.5. The Hall–Kier alpha value is -3.56. The fourth-order valence-corrected chi connectivity index (χ4v) is 4.72. The van der Waals surface area contributed by atoms with E-state index in [1.54, 1.807) is 13.0 Å². The molecule has 10 heteroatoms. The number of benzene rings is 1. The minimum absolute atomic E-state index is 0.000102. The molecule has 0 bridgehead atoms. The van der Waals surface area contributed by atoms with Crippen LogP contribution in [-0.2, 0) is 19.8 Å². The lowest BCUT2D eigenvalue weighted by atomic mass is 9.69. The van der Waals surface area contributed by atoms with E-state index in [4.69, 9.17) is 0 Å². The molecule has 1 aromatic carbocycles. The molecule has 2 heterocycles. The minimum atomic E-state index is -3.12. The second-order valence-corrected chi connectivity index (χ2v) is 9.97. The molecule has 1 aliphatic heterocycles. The number of carboxylic acids is 1. The molecule has 2 N–H and O–H groups in total. The van der Waals surface area contributed by atoms with Crippen LogP contribution >= 0.6 is 0 Å². The van der Waals surface area contributed by atoms with Gasteiger partial charge in [0.25, 0.3) is 0 Å². The Bertz CT molecular complexity index is 1190. The highest BCUT2D eigenvalue weighted by atomic mass is 19.3. The summed E-state index contributed by atoms with van der Waals surface area (Å²) >= 11 is 0. The summed E-state index contributed by atoms with van der Waals surface area (Å²) in [5.74, 6) is -2.10. The second kappa shape index (κ2) is 9.48. The highest BCUT2D eigenvalue weighted by molar-refractivity contribution is 6.03. The predicted octanol–water partition coefficient (Wildman–Crippen LogP) is 4.09. The molecule has 4 rings (SSSR count). The molecule has 2 aromatic rings. The third kappa shape index (κ3) is 4.76. The van der Waals surface area contributed by atoms with Gasteiger partial charge in [0.2, 0.25) is 17.7 Å².